The number of piperazine rings is 1. The zero-order valence-corrected chi connectivity index (χ0v) is 13.4. The lowest BCUT2D eigenvalue weighted by atomic mass is 10.0. The van der Waals surface area contributed by atoms with Crippen LogP contribution >= 0.6 is 0 Å². The largest absolute Gasteiger partial charge is 0.416 e. The van der Waals surface area contributed by atoms with Crippen molar-refractivity contribution in [1.29, 1.82) is 0 Å². The molecule has 1 saturated heterocycles. The second kappa shape index (κ2) is 7.98. The number of rotatable bonds is 5. The third-order valence-corrected chi connectivity index (χ3v) is 3.95. The van der Waals surface area contributed by atoms with Crippen molar-refractivity contribution in [2.75, 3.05) is 39.3 Å². The standard InChI is InChI=1S/C15H19F4N3O3/c16-12-7-10(9-22-3-1-21(2-4-22)5-6-23)11(15(17,18)19)8-13(12)25-14(20)24/h7-8,23H,1-6,9H2,(H2,20,24). The third kappa shape index (κ3) is 5.28. The first-order valence-corrected chi connectivity index (χ1v) is 7.63. The number of nitrogens with zero attached hydrogens (tertiary/aromatic N) is 2. The Hall–Kier alpha value is -1.91. The van der Waals surface area contributed by atoms with Crippen molar-refractivity contribution in [2.45, 2.75) is 12.7 Å². The lowest BCUT2D eigenvalue weighted by molar-refractivity contribution is -0.138. The number of alkyl halides is 3. The molecule has 1 aliphatic rings. The van der Waals surface area contributed by atoms with E-state index >= 15 is 0 Å². The van der Waals surface area contributed by atoms with E-state index in [9.17, 15) is 22.4 Å². The Bertz CT molecular complexity index is 617. The van der Waals surface area contributed by atoms with E-state index in [1.807, 2.05) is 4.90 Å². The van der Waals surface area contributed by atoms with Crippen molar-refractivity contribution < 1.29 is 32.2 Å². The average molecular weight is 365 g/mol. The van der Waals surface area contributed by atoms with Crippen molar-refractivity contribution in [3.63, 3.8) is 0 Å². The van der Waals surface area contributed by atoms with Crippen molar-refractivity contribution in [1.82, 2.24) is 9.80 Å². The van der Waals surface area contributed by atoms with Crippen molar-refractivity contribution in [2.24, 2.45) is 5.73 Å². The molecule has 10 heteroatoms. The van der Waals surface area contributed by atoms with Gasteiger partial charge in [-0.05, 0) is 17.7 Å². The lowest BCUT2D eigenvalue weighted by Gasteiger charge is -2.34. The molecule has 1 fully saturated rings. The molecular formula is C15H19F4N3O3. The van der Waals surface area contributed by atoms with E-state index < -0.39 is 29.4 Å². The van der Waals surface area contributed by atoms with E-state index in [2.05, 4.69) is 4.74 Å². The molecular weight excluding hydrogens is 346 g/mol. The van der Waals surface area contributed by atoms with Crippen LogP contribution in [-0.2, 0) is 12.7 Å². The quantitative estimate of drug-likeness (QED) is 0.772. The summed E-state index contributed by atoms with van der Waals surface area (Å²) >= 11 is 0. The summed E-state index contributed by atoms with van der Waals surface area (Å²) in [5, 5.41) is 8.90. The van der Waals surface area contributed by atoms with Crippen molar-refractivity contribution in [3.05, 3.63) is 29.1 Å². The average Bonchev–Trinajstić information content (AvgIpc) is 2.50. The van der Waals surface area contributed by atoms with Crippen molar-refractivity contribution >= 4 is 6.09 Å². The highest BCUT2D eigenvalue weighted by Gasteiger charge is 2.35. The highest BCUT2D eigenvalue weighted by atomic mass is 19.4. The number of carbonyl (C=O) groups excluding carboxylic acids is 1. The summed E-state index contributed by atoms with van der Waals surface area (Å²) < 4.78 is 58.0. The fourth-order valence-electron chi connectivity index (χ4n) is 2.73. The molecule has 25 heavy (non-hydrogen) atoms. The van der Waals surface area contributed by atoms with Gasteiger partial charge in [0.15, 0.2) is 11.6 Å². The van der Waals surface area contributed by atoms with Crippen LogP contribution in [0, 0.1) is 5.82 Å². The summed E-state index contributed by atoms with van der Waals surface area (Å²) in [6.45, 7) is 2.65. The van der Waals surface area contributed by atoms with Gasteiger partial charge >= 0.3 is 12.3 Å². The molecule has 0 bridgehead atoms. The first-order valence-electron chi connectivity index (χ1n) is 7.63. The molecule has 3 N–H and O–H groups in total. The number of ether oxygens (including phenoxy) is 1. The number of halogens is 4. The molecule has 1 amide bonds. The third-order valence-electron chi connectivity index (χ3n) is 3.95. The first kappa shape index (κ1) is 19.4. The zero-order chi connectivity index (χ0) is 18.6. The fourth-order valence-corrected chi connectivity index (χ4v) is 2.73. The summed E-state index contributed by atoms with van der Waals surface area (Å²) in [6, 6.07) is 1.18. The van der Waals surface area contributed by atoms with E-state index in [0.29, 0.717) is 38.8 Å². The topological polar surface area (TPSA) is 79.0 Å². The molecule has 1 aromatic carbocycles. The van der Waals surface area contributed by atoms with Gasteiger partial charge in [0.05, 0.1) is 12.2 Å². The van der Waals surface area contributed by atoms with Gasteiger partial charge in [-0.1, -0.05) is 0 Å². The molecule has 1 heterocycles. The molecule has 0 unspecified atom stereocenters. The summed E-state index contributed by atoms with van der Waals surface area (Å²) in [4.78, 5) is 14.5. The first-order chi connectivity index (χ1) is 11.7. The van der Waals surface area contributed by atoms with Crippen LogP contribution in [0.2, 0.25) is 0 Å². The second-order valence-corrected chi connectivity index (χ2v) is 5.70. The Morgan fingerprint density at radius 3 is 2.32 bits per heavy atom. The second-order valence-electron chi connectivity index (χ2n) is 5.70. The predicted octanol–water partition coefficient (Wildman–Crippen LogP) is 1.41. The highest BCUT2D eigenvalue weighted by molar-refractivity contribution is 5.68. The fraction of sp³-hybridized carbons (Fsp3) is 0.533. The smallest absolute Gasteiger partial charge is 0.407 e. The molecule has 6 nitrogen and oxygen atoms in total. The number of aliphatic hydroxyl groups is 1. The molecule has 0 atom stereocenters. The van der Waals surface area contributed by atoms with Crippen LogP contribution in [0.4, 0.5) is 22.4 Å². The van der Waals surface area contributed by atoms with Crippen LogP contribution in [0.25, 0.3) is 0 Å². The number of nitrogens with two attached hydrogens (primary N) is 1. The Balaban J connectivity index is 2.19. The van der Waals surface area contributed by atoms with Gasteiger partial charge in [0.25, 0.3) is 0 Å². The molecule has 140 valence electrons. The number of β-amino-alcohol motifs (C(OH)–C–C–N with tert-alkyl or cyclic N) is 1. The molecule has 0 saturated carbocycles. The van der Waals surface area contributed by atoms with Crippen LogP contribution < -0.4 is 10.5 Å². The SMILES string of the molecule is NC(=O)Oc1cc(C(F)(F)F)c(CN2CCN(CCO)CC2)cc1F. The van der Waals surface area contributed by atoms with E-state index in [4.69, 9.17) is 10.8 Å². The van der Waals surface area contributed by atoms with Gasteiger partial charge in [-0.3, -0.25) is 9.80 Å². The summed E-state index contributed by atoms with van der Waals surface area (Å²) in [5.74, 6) is -1.93. The number of hydrogen-bond donors (Lipinski definition) is 2. The van der Waals surface area contributed by atoms with Crippen LogP contribution in [0.5, 0.6) is 5.75 Å². The van der Waals surface area contributed by atoms with Crippen molar-refractivity contribution in [3.8, 4) is 5.75 Å². The number of carbonyl (C=O) groups is 1. The summed E-state index contributed by atoms with van der Waals surface area (Å²) in [6.07, 6.45) is -6.11. The Labute approximate surface area is 141 Å². The Morgan fingerprint density at radius 1 is 1.20 bits per heavy atom. The van der Waals surface area contributed by atoms with Gasteiger partial charge in [0.1, 0.15) is 0 Å². The minimum Gasteiger partial charge on any atom is -0.407 e. The normalized spacial score (nSPS) is 16.8. The number of aliphatic hydroxyl groups excluding tert-OH is 1. The van der Waals surface area contributed by atoms with Crippen LogP contribution in [-0.4, -0.2) is 60.3 Å². The van der Waals surface area contributed by atoms with Gasteiger partial charge < -0.3 is 15.6 Å². The van der Waals surface area contributed by atoms with Crippen LogP contribution in [0.15, 0.2) is 12.1 Å². The van der Waals surface area contributed by atoms with E-state index in [0.717, 1.165) is 6.07 Å². The Morgan fingerprint density at radius 2 is 1.80 bits per heavy atom. The number of benzene rings is 1. The zero-order valence-electron chi connectivity index (χ0n) is 13.4. The number of amides is 1. The molecule has 0 aromatic heterocycles. The monoisotopic (exact) mass is 365 g/mol. The molecule has 1 aliphatic heterocycles. The highest BCUT2D eigenvalue weighted by Crippen LogP contribution is 2.36. The maximum atomic E-state index is 13.9. The predicted molar refractivity (Wildman–Crippen MR) is 80.4 cm³/mol. The van der Waals surface area contributed by atoms with Gasteiger partial charge in [-0.15, -0.1) is 0 Å². The molecule has 0 aliphatic carbocycles. The number of hydrogen-bond acceptors (Lipinski definition) is 5. The lowest BCUT2D eigenvalue weighted by Crippen LogP contribution is -2.46. The maximum Gasteiger partial charge on any atom is 0.416 e. The Kier molecular flexibility index (Phi) is 6.20. The minimum atomic E-state index is -4.72. The molecule has 1 aromatic rings. The van der Waals surface area contributed by atoms with Gasteiger partial charge in [-0.25, -0.2) is 9.18 Å². The van der Waals surface area contributed by atoms with Gasteiger partial charge in [-0.2, -0.15) is 13.2 Å². The summed E-state index contributed by atoms with van der Waals surface area (Å²) in [5.41, 5.74) is 3.43. The number of primary amides is 1. The molecule has 0 spiro atoms. The van der Waals surface area contributed by atoms with Gasteiger partial charge in [0.2, 0.25) is 0 Å². The van der Waals surface area contributed by atoms with Gasteiger partial charge in [0, 0.05) is 39.3 Å². The maximum absolute atomic E-state index is 13.9. The molecule has 0 radical (unpaired) electrons. The minimum absolute atomic E-state index is 0.0186. The van der Waals surface area contributed by atoms with Crippen LogP contribution in [0.3, 0.4) is 0 Å². The van der Waals surface area contributed by atoms with E-state index in [1.54, 1.807) is 4.90 Å². The van der Waals surface area contributed by atoms with E-state index in [1.165, 1.54) is 0 Å². The van der Waals surface area contributed by atoms with E-state index in [-0.39, 0.29) is 18.7 Å². The van der Waals surface area contributed by atoms with Crippen LogP contribution in [0.1, 0.15) is 11.1 Å². The summed E-state index contributed by atoms with van der Waals surface area (Å²) in [7, 11) is 0. The molecule has 2 rings (SSSR count).